The number of hydrogen-bond acceptors (Lipinski definition) is 4. The molecule has 0 heterocycles. The summed E-state index contributed by atoms with van der Waals surface area (Å²) in [4.78, 5) is 25.0. The van der Waals surface area contributed by atoms with E-state index in [1.165, 1.54) is 0 Å². The normalized spacial score (nSPS) is 10.5. The third kappa shape index (κ3) is 7.22. The Hall–Kier alpha value is -1.88. The maximum absolute atomic E-state index is 11.7. The Kier molecular flexibility index (Phi) is 8.22. The van der Waals surface area contributed by atoms with E-state index in [2.05, 4.69) is 24.1 Å². The van der Waals surface area contributed by atoms with Crippen molar-refractivity contribution < 1.29 is 14.3 Å². The average Bonchev–Trinajstić information content (AvgIpc) is 2.49. The van der Waals surface area contributed by atoms with Gasteiger partial charge in [0.05, 0.1) is 6.61 Å². The summed E-state index contributed by atoms with van der Waals surface area (Å²) in [6.07, 6.45) is 0.793. The van der Waals surface area contributed by atoms with Crippen molar-refractivity contribution in [1.82, 2.24) is 4.90 Å². The number of carbonyl (C=O) groups is 2. The standard InChI is InChI=1S/C17H26N2O3/c1-4-19(5-2)11-6-12-22-17(21)18-16-9-7-15(8-10-16)13-14(3)20/h7-10H,4-6,11-13H2,1-3H3,(H,18,21). The summed E-state index contributed by atoms with van der Waals surface area (Å²) in [6.45, 7) is 9.15. The molecule has 5 nitrogen and oxygen atoms in total. The number of nitrogens with one attached hydrogen (secondary N) is 1. The van der Waals surface area contributed by atoms with Crippen LogP contribution in [0, 0.1) is 0 Å². The first-order valence-corrected chi connectivity index (χ1v) is 7.79. The molecule has 1 N–H and O–H groups in total. The van der Waals surface area contributed by atoms with Crippen LogP contribution >= 0.6 is 0 Å². The number of anilines is 1. The third-order valence-corrected chi connectivity index (χ3v) is 3.40. The van der Waals surface area contributed by atoms with Crippen molar-refractivity contribution >= 4 is 17.6 Å². The van der Waals surface area contributed by atoms with Gasteiger partial charge in [-0.3, -0.25) is 10.1 Å². The van der Waals surface area contributed by atoms with E-state index in [1.807, 2.05) is 12.1 Å². The van der Waals surface area contributed by atoms with Crippen LogP contribution in [0.2, 0.25) is 0 Å². The highest BCUT2D eigenvalue weighted by molar-refractivity contribution is 5.84. The first-order valence-electron chi connectivity index (χ1n) is 7.79. The second-order valence-corrected chi connectivity index (χ2v) is 5.22. The zero-order valence-corrected chi connectivity index (χ0v) is 13.7. The molecule has 0 atom stereocenters. The van der Waals surface area contributed by atoms with Gasteiger partial charge in [-0.2, -0.15) is 0 Å². The van der Waals surface area contributed by atoms with Gasteiger partial charge in [-0.25, -0.2) is 4.79 Å². The van der Waals surface area contributed by atoms with Crippen molar-refractivity contribution in [3.63, 3.8) is 0 Å². The van der Waals surface area contributed by atoms with Crippen LogP contribution in [0.5, 0.6) is 0 Å². The molecule has 1 aromatic carbocycles. The Morgan fingerprint density at radius 2 is 1.77 bits per heavy atom. The largest absolute Gasteiger partial charge is 0.449 e. The van der Waals surface area contributed by atoms with E-state index < -0.39 is 6.09 Å². The number of ketones is 1. The van der Waals surface area contributed by atoms with Gasteiger partial charge in [0, 0.05) is 18.7 Å². The molecule has 1 amide bonds. The van der Waals surface area contributed by atoms with Crippen molar-refractivity contribution in [2.45, 2.75) is 33.6 Å². The topological polar surface area (TPSA) is 58.6 Å². The van der Waals surface area contributed by atoms with E-state index in [0.29, 0.717) is 18.7 Å². The zero-order chi connectivity index (χ0) is 16.4. The van der Waals surface area contributed by atoms with Crippen LogP contribution in [0.25, 0.3) is 0 Å². The number of rotatable bonds is 9. The minimum atomic E-state index is -0.445. The van der Waals surface area contributed by atoms with E-state index in [0.717, 1.165) is 31.6 Å². The molecule has 0 bridgehead atoms. The number of hydrogen-bond donors (Lipinski definition) is 1. The molecule has 0 radical (unpaired) electrons. The van der Waals surface area contributed by atoms with Gasteiger partial charge in [0.15, 0.2) is 0 Å². The molecule has 0 unspecified atom stereocenters. The molecule has 0 saturated carbocycles. The van der Waals surface area contributed by atoms with Gasteiger partial charge in [-0.05, 0) is 44.1 Å². The van der Waals surface area contributed by atoms with Gasteiger partial charge in [0.2, 0.25) is 0 Å². The van der Waals surface area contributed by atoms with Crippen LogP contribution in [0.1, 0.15) is 32.8 Å². The van der Waals surface area contributed by atoms with E-state index in [9.17, 15) is 9.59 Å². The summed E-state index contributed by atoms with van der Waals surface area (Å²) < 4.78 is 5.15. The maximum Gasteiger partial charge on any atom is 0.411 e. The van der Waals surface area contributed by atoms with Crippen molar-refractivity contribution in [1.29, 1.82) is 0 Å². The van der Waals surface area contributed by atoms with Crippen molar-refractivity contribution in [3.8, 4) is 0 Å². The van der Waals surface area contributed by atoms with Crippen LogP contribution in [0.15, 0.2) is 24.3 Å². The second-order valence-electron chi connectivity index (χ2n) is 5.22. The first-order chi connectivity index (χ1) is 10.5. The van der Waals surface area contributed by atoms with E-state index in [-0.39, 0.29) is 5.78 Å². The Labute approximate surface area is 132 Å². The molecule has 0 fully saturated rings. The third-order valence-electron chi connectivity index (χ3n) is 3.40. The number of carbonyl (C=O) groups excluding carboxylic acids is 2. The van der Waals surface area contributed by atoms with Crippen LogP contribution in [-0.4, -0.2) is 43.0 Å². The van der Waals surface area contributed by atoms with Crippen LogP contribution < -0.4 is 5.32 Å². The van der Waals surface area contributed by atoms with E-state index in [1.54, 1.807) is 19.1 Å². The molecule has 5 heteroatoms. The molecule has 22 heavy (non-hydrogen) atoms. The zero-order valence-electron chi connectivity index (χ0n) is 13.7. The average molecular weight is 306 g/mol. The highest BCUT2D eigenvalue weighted by atomic mass is 16.5. The van der Waals surface area contributed by atoms with Gasteiger partial charge in [0.1, 0.15) is 5.78 Å². The molecule has 0 aliphatic carbocycles. The monoisotopic (exact) mass is 306 g/mol. The predicted molar refractivity (Wildman–Crippen MR) is 88.2 cm³/mol. The number of nitrogens with zero attached hydrogens (tertiary/aromatic N) is 1. The fourth-order valence-corrected chi connectivity index (χ4v) is 2.14. The van der Waals surface area contributed by atoms with Gasteiger partial charge in [-0.15, -0.1) is 0 Å². The highest BCUT2D eigenvalue weighted by Gasteiger charge is 2.05. The number of ether oxygens (including phenoxy) is 1. The molecule has 122 valence electrons. The Morgan fingerprint density at radius 3 is 2.32 bits per heavy atom. The summed E-state index contributed by atoms with van der Waals surface area (Å²) in [5.41, 5.74) is 1.60. The SMILES string of the molecule is CCN(CC)CCCOC(=O)Nc1ccc(CC(C)=O)cc1. The molecule has 1 rings (SSSR count). The first kappa shape index (κ1) is 18.2. The molecule has 0 aliphatic heterocycles. The van der Waals surface area contributed by atoms with Gasteiger partial charge < -0.3 is 9.64 Å². The molecule has 0 spiro atoms. The fraction of sp³-hybridized carbons (Fsp3) is 0.529. The lowest BCUT2D eigenvalue weighted by atomic mass is 10.1. The van der Waals surface area contributed by atoms with Crippen LogP contribution in [0.4, 0.5) is 10.5 Å². The van der Waals surface area contributed by atoms with Crippen molar-refractivity contribution in [3.05, 3.63) is 29.8 Å². The molecule has 0 aromatic heterocycles. The quantitative estimate of drug-likeness (QED) is 0.712. The minimum absolute atomic E-state index is 0.119. The maximum atomic E-state index is 11.7. The molecular formula is C17H26N2O3. The second kappa shape index (κ2) is 9.95. The van der Waals surface area contributed by atoms with Gasteiger partial charge in [0.25, 0.3) is 0 Å². The summed E-state index contributed by atoms with van der Waals surface area (Å²) in [6, 6.07) is 7.21. The molecular weight excluding hydrogens is 280 g/mol. The summed E-state index contributed by atoms with van der Waals surface area (Å²) in [5.74, 6) is 0.119. The molecule has 0 saturated heterocycles. The predicted octanol–water partition coefficient (Wildman–Crippen LogP) is 3.10. The Bertz CT molecular complexity index is 467. The number of amides is 1. The number of benzene rings is 1. The van der Waals surface area contributed by atoms with Crippen molar-refractivity contribution in [2.75, 3.05) is 31.6 Å². The highest BCUT2D eigenvalue weighted by Crippen LogP contribution is 2.10. The Morgan fingerprint density at radius 1 is 1.14 bits per heavy atom. The molecule has 1 aromatic rings. The fourth-order valence-electron chi connectivity index (χ4n) is 2.14. The van der Waals surface area contributed by atoms with E-state index >= 15 is 0 Å². The summed E-state index contributed by atoms with van der Waals surface area (Å²) >= 11 is 0. The van der Waals surface area contributed by atoms with Gasteiger partial charge in [-0.1, -0.05) is 26.0 Å². The lowest BCUT2D eigenvalue weighted by molar-refractivity contribution is -0.116. The van der Waals surface area contributed by atoms with E-state index in [4.69, 9.17) is 4.74 Å². The lowest BCUT2D eigenvalue weighted by Gasteiger charge is -2.17. The van der Waals surface area contributed by atoms with Gasteiger partial charge >= 0.3 is 6.09 Å². The lowest BCUT2D eigenvalue weighted by Crippen LogP contribution is -2.25. The van der Waals surface area contributed by atoms with Crippen molar-refractivity contribution in [2.24, 2.45) is 0 Å². The summed E-state index contributed by atoms with van der Waals surface area (Å²) in [5, 5.41) is 2.68. The van der Waals surface area contributed by atoms with Crippen LogP contribution in [0.3, 0.4) is 0 Å². The summed E-state index contributed by atoms with van der Waals surface area (Å²) in [7, 11) is 0. The Balaban J connectivity index is 2.28. The molecule has 0 aliphatic rings. The smallest absolute Gasteiger partial charge is 0.411 e. The number of Topliss-reactive ketones (excluding diaryl/α,β-unsaturated/α-hetero) is 1. The van der Waals surface area contributed by atoms with Crippen LogP contribution in [-0.2, 0) is 16.0 Å². The minimum Gasteiger partial charge on any atom is -0.449 e.